The van der Waals surface area contributed by atoms with Crippen LogP contribution in [0.15, 0.2) is 58.8 Å². The molecule has 0 radical (unpaired) electrons. The van der Waals surface area contributed by atoms with Crippen molar-refractivity contribution in [2.24, 2.45) is 0 Å². The molecule has 0 saturated carbocycles. The Bertz CT molecular complexity index is 1090. The average Bonchev–Trinajstić information content (AvgIpc) is 3.23. The molecule has 30 heavy (non-hydrogen) atoms. The van der Waals surface area contributed by atoms with E-state index in [9.17, 15) is 12.8 Å². The van der Waals surface area contributed by atoms with Gasteiger partial charge in [0.15, 0.2) is 0 Å². The molecule has 1 fully saturated rings. The predicted octanol–water partition coefficient (Wildman–Crippen LogP) is 4.02. The number of benzene rings is 2. The number of sulfonamides is 1. The molecule has 0 unspecified atom stereocenters. The fraction of sp³-hybridized carbons (Fsp3) is 0.318. The Morgan fingerprint density at radius 1 is 1.00 bits per heavy atom. The van der Waals surface area contributed by atoms with E-state index in [-0.39, 0.29) is 5.82 Å². The third kappa shape index (κ3) is 4.62. The Morgan fingerprint density at radius 2 is 1.67 bits per heavy atom. The van der Waals surface area contributed by atoms with Crippen LogP contribution in [0.4, 0.5) is 4.39 Å². The number of aryl methyl sites for hydroxylation is 1. The Kier molecular flexibility index (Phi) is 6.29. The van der Waals surface area contributed by atoms with E-state index < -0.39 is 10.0 Å². The SMILES string of the molecule is CCc1ccc(S(=O)(=O)N2CCN(Cc3nc(-c4ccc(F)cc4)cs3)CC2)cc1. The number of halogens is 1. The molecule has 4 rings (SSSR count). The van der Waals surface area contributed by atoms with Crippen LogP contribution in [-0.4, -0.2) is 48.8 Å². The van der Waals surface area contributed by atoms with Gasteiger partial charge in [0.2, 0.25) is 10.0 Å². The molecule has 0 atom stereocenters. The number of rotatable bonds is 6. The molecule has 1 saturated heterocycles. The lowest BCUT2D eigenvalue weighted by atomic mass is 10.2. The van der Waals surface area contributed by atoms with Gasteiger partial charge in [-0.05, 0) is 48.4 Å². The van der Waals surface area contributed by atoms with Gasteiger partial charge in [-0.25, -0.2) is 17.8 Å². The van der Waals surface area contributed by atoms with Gasteiger partial charge in [-0.2, -0.15) is 4.31 Å². The number of piperazine rings is 1. The topological polar surface area (TPSA) is 53.5 Å². The van der Waals surface area contributed by atoms with Crippen molar-refractivity contribution in [1.82, 2.24) is 14.2 Å². The highest BCUT2D eigenvalue weighted by atomic mass is 32.2. The van der Waals surface area contributed by atoms with Gasteiger partial charge in [0, 0.05) is 37.1 Å². The van der Waals surface area contributed by atoms with Gasteiger partial charge in [0.1, 0.15) is 10.8 Å². The maximum absolute atomic E-state index is 13.1. The molecular formula is C22H24FN3O2S2. The molecule has 1 aliphatic rings. The summed E-state index contributed by atoms with van der Waals surface area (Å²) in [5.41, 5.74) is 2.86. The Morgan fingerprint density at radius 3 is 2.30 bits per heavy atom. The number of hydrogen-bond acceptors (Lipinski definition) is 5. The third-order valence-corrected chi connectivity index (χ3v) is 8.10. The molecule has 3 aromatic rings. The Balaban J connectivity index is 1.36. The summed E-state index contributed by atoms with van der Waals surface area (Å²) in [6.07, 6.45) is 0.888. The van der Waals surface area contributed by atoms with Crippen LogP contribution in [0.2, 0.25) is 0 Å². The van der Waals surface area contributed by atoms with Crippen molar-refractivity contribution in [2.45, 2.75) is 24.8 Å². The van der Waals surface area contributed by atoms with Crippen molar-refractivity contribution >= 4 is 21.4 Å². The van der Waals surface area contributed by atoms with Gasteiger partial charge < -0.3 is 0 Å². The van der Waals surface area contributed by atoms with Crippen LogP contribution in [0.5, 0.6) is 0 Å². The van der Waals surface area contributed by atoms with Crippen molar-refractivity contribution in [3.05, 3.63) is 70.3 Å². The molecule has 2 heterocycles. The van der Waals surface area contributed by atoms with E-state index in [1.54, 1.807) is 39.9 Å². The average molecular weight is 446 g/mol. The summed E-state index contributed by atoms with van der Waals surface area (Å²) in [6, 6.07) is 13.5. The molecule has 0 bridgehead atoms. The van der Waals surface area contributed by atoms with Gasteiger partial charge >= 0.3 is 0 Å². The molecule has 0 aliphatic carbocycles. The second-order valence-electron chi connectivity index (χ2n) is 7.31. The van der Waals surface area contributed by atoms with Crippen molar-refractivity contribution in [2.75, 3.05) is 26.2 Å². The van der Waals surface area contributed by atoms with E-state index in [0.29, 0.717) is 37.6 Å². The molecule has 5 nitrogen and oxygen atoms in total. The molecule has 8 heteroatoms. The molecule has 158 valence electrons. The molecule has 0 spiro atoms. The van der Waals surface area contributed by atoms with E-state index in [2.05, 4.69) is 9.88 Å². The highest BCUT2D eigenvalue weighted by molar-refractivity contribution is 7.89. The second kappa shape index (κ2) is 8.93. The first-order valence-corrected chi connectivity index (χ1v) is 12.3. The summed E-state index contributed by atoms with van der Waals surface area (Å²) in [6.45, 7) is 5.00. The zero-order chi connectivity index (χ0) is 21.1. The number of thiazole rings is 1. The van der Waals surface area contributed by atoms with E-state index in [1.165, 1.54) is 12.1 Å². The normalized spacial score (nSPS) is 16.1. The van der Waals surface area contributed by atoms with Crippen molar-refractivity contribution in [3.8, 4) is 11.3 Å². The van der Waals surface area contributed by atoms with Crippen LogP contribution in [0.3, 0.4) is 0 Å². The number of hydrogen-bond donors (Lipinski definition) is 0. The van der Waals surface area contributed by atoms with Crippen LogP contribution in [-0.2, 0) is 23.0 Å². The monoisotopic (exact) mass is 445 g/mol. The molecule has 0 N–H and O–H groups in total. The van der Waals surface area contributed by atoms with Crippen LogP contribution >= 0.6 is 11.3 Å². The van der Waals surface area contributed by atoms with Crippen molar-refractivity contribution in [1.29, 1.82) is 0 Å². The zero-order valence-electron chi connectivity index (χ0n) is 16.8. The van der Waals surface area contributed by atoms with Crippen LogP contribution in [0, 0.1) is 5.82 Å². The summed E-state index contributed by atoms with van der Waals surface area (Å²) in [5, 5.41) is 2.95. The predicted molar refractivity (Wildman–Crippen MR) is 117 cm³/mol. The van der Waals surface area contributed by atoms with Gasteiger partial charge in [-0.1, -0.05) is 19.1 Å². The summed E-state index contributed by atoms with van der Waals surface area (Å²) >= 11 is 1.57. The van der Waals surface area contributed by atoms with E-state index in [1.807, 2.05) is 24.4 Å². The van der Waals surface area contributed by atoms with Gasteiger partial charge in [-0.3, -0.25) is 4.90 Å². The lowest BCUT2D eigenvalue weighted by molar-refractivity contribution is 0.181. The van der Waals surface area contributed by atoms with Crippen LogP contribution in [0.1, 0.15) is 17.5 Å². The summed E-state index contributed by atoms with van der Waals surface area (Å²) in [5.74, 6) is -0.261. The van der Waals surface area contributed by atoms with Crippen LogP contribution < -0.4 is 0 Å². The fourth-order valence-corrected chi connectivity index (χ4v) is 5.77. The van der Waals surface area contributed by atoms with Crippen molar-refractivity contribution in [3.63, 3.8) is 0 Å². The zero-order valence-corrected chi connectivity index (χ0v) is 18.4. The minimum atomic E-state index is -3.46. The molecular weight excluding hydrogens is 421 g/mol. The summed E-state index contributed by atoms with van der Waals surface area (Å²) < 4.78 is 40.5. The third-order valence-electron chi connectivity index (χ3n) is 5.35. The smallest absolute Gasteiger partial charge is 0.243 e. The highest BCUT2D eigenvalue weighted by Crippen LogP contribution is 2.24. The fourth-order valence-electron chi connectivity index (χ4n) is 3.50. The Hall–Kier alpha value is -2.13. The molecule has 1 aromatic heterocycles. The minimum Gasteiger partial charge on any atom is -0.294 e. The molecule has 1 aliphatic heterocycles. The van der Waals surface area contributed by atoms with Crippen molar-refractivity contribution < 1.29 is 12.8 Å². The van der Waals surface area contributed by atoms with E-state index in [4.69, 9.17) is 0 Å². The van der Waals surface area contributed by atoms with Gasteiger partial charge in [-0.15, -0.1) is 11.3 Å². The van der Waals surface area contributed by atoms with Gasteiger partial charge in [0.05, 0.1) is 17.1 Å². The quantitative estimate of drug-likeness (QED) is 0.575. The van der Waals surface area contributed by atoms with E-state index in [0.717, 1.165) is 28.2 Å². The lowest BCUT2D eigenvalue weighted by Crippen LogP contribution is -2.48. The van der Waals surface area contributed by atoms with E-state index >= 15 is 0 Å². The maximum atomic E-state index is 13.1. The first kappa shape index (κ1) is 21.1. The summed E-state index contributed by atoms with van der Waals surface area (Å²) in [7, 11) is -3.46. The van der Waals surface area contributed by atoms with Gasteiger partial charge in [0.25, 0.3) is 0 Å². The minimum absolute atomic E-state index is 0.261. The first-order chi connectivity index (χ1) is 14.5. The number of nitrogens with zero attached hydrogens (tertiary/aromatic N) is 3. The lowest BCUT2D eigenvalue weighted by Gasteiger charge is -2.33. The molecule has 0 amide bonds. The largest absolute Gasteiger partial charge is 0.294 e. The first-order valence-electron chi connectivity index (χ1n) is 9.97. The highest BCUT2D eigenvalue weighted by Gasteiger charge is 2.28. The number of aromatic nitrogens is 1. The van der Waals surface area contributed by atoms with Crippen LogP contribution in [0.25, 0.3) is 11.3 Å². The second-order valence-corrected chi connectivity index (χ2v) is 10.2. The standard InChI is InChI=1S/C22H24FN3O2S2/c1-2-17-3-9-20(10-4-17)30(27,28)26-13-11-25(12-14-26)15-22-24-21(16-29-22)18-5-7-19(23)8-6-18/h3-10,16H,2,11-15H2,1H3. The summed E-state index contributed by atoms with van der Waals surface area (Å²) in [4.78, 5) is 7.24. The molecule has 2 aromatic carbocycles. The Labute approximate surface area is 180 Å². The maximum Gasteiger partial charge on any atom is 0.243 e.